The number of carbonyl (C=O) groups is 1. The number of carboxylic acid groups (broad SMARTS) is 1. The molecule has 11 heavy (non-hydrogen) atoms. The van der Waals surface area contributed by atoms with Crippen LogP contribution in [0.4, 0.5) is 0 Å². The average molecular weight is 163 g/mol. The molecule has 3 unspecified atom stereocenters. The summed E-state index contributed by atoms with van der Waals surface area (Å²) in [5.41, 5.74) is -0.365. The van der Waals surface area contributed by atoms with Crippen LogP contribution in [0.1, 0.15) is 37.7 Å². The fourth-order valence-electron chi connectivity index (χ4n) is 0.425. The zero-order chi connectivity index (χ0) is 12.2. The SMILES string of the molecule is [2H]OC(=O)C([2H])C([2H])C([2H])NC(C)(C)C. The Morgan fingerprint density at radius 3 is 2.82 bits per heavy atom. The van der Waals surface area contributed by atoms with Gasteiger partial charge in [-0.2, -0.15) is 0 Å². The highest BCUT2D eigenvalue weighted by atomic mass is 16.4. The van der Waals surface area contributed by atoms with Crippen molar-refractivity contribution in [2.45, 2.75) is 39.1 Å². The van der Waals surface area contributed by atoms with Gasteiger partial charge in [0.25, 0.3) is 1.43 Å². The lowest BCUT2D eigenvalue weighted by Crippen LogP contribution is -2.36. The molecule has 0 rings (SSSR count). The third-order valence-electron chi connectivity index (χ3n) is 0.845. The first-order valence-electron chi connectivity index (χ1n) is 5.54. The normalized spacial score (nSPS) is 25.0. The first-order chi connectivity index (χ1) is 6.69. The molecular formula is C8H17NO2. The van der Waals surface area contributed by atoms with Crippen LogP contribution < -0.4 is 5.32 Å². The second-order valence-corrected chi connectivity index (χ2v) is 3.24. The summed E-state index contributed by atoms with van der Waals surface area (Å²) in [7, 11) is 0. The molecule has 0 aromatic carbocycles. The van der Waals surface area contributed by atoms with Crippen molar-refractivity contribution in [3.8, 4) is 0 Å². The summed E-state index contributed by atoms with van der Waals surface area (Å²) in [4.78, 5) is 10.8. The van der Waals surface area contributed by atoms with E-state index >= 15 is 0 Å². The molecule has 0 aliphatic rings. The van der Waals surface area contributed by atoms with E-state index in [1.807, 2.05) is 20.8 Å². The molecule has 0 amide bonds. The van der Waals surface area contributed by atoms with Crippen LogP contribution in [0.5, 0.6) is 0 Å². The Morgan fingerprint density at radius 2 is 2.36 bits per heavy atom. The van der Waals surface area contributed by atoms with Gasteiger partial charge in [-0.25, -0.2) is 0 Å². The minimum atomic E-state index is -1.53. The molecule has 3 heteroatoms. The van der Waals surface area contributed by atoms with E-state index in [0.29, 0.717) is 0 Å². The lowest BCUT2D eigenvalue weighted by Gasteiger charge is -2.19. The Bertz CT molecular complexity index is 219. The van der Waals surface area contributed by atoms with Crippen LogP contribution in [-0.2, 0) is 4.79 Å². The van der Waals surface area contributed by atoms with Gasteiger partial charge in [0.2, 0.25) is 0 Å². The van der Waals surface area contributed by atoms with Crippen molar-refractivity contribution in [2.24, 2.45) is 0 Å². The van der Waals surface area contributed by atoms with Crippen molar-refractivity contribution < 1.29 is 14.0 Å². The Kier molecular flexibility index (Phi) is 2.03. The first kappa shape index (κ1) is 5.14. The smallest absolute Gasteiger partial charge is 0.303 e. The number of hydrogen-bond acceptors (Lipinski definition) is 3. The molecule has 2 N–H and O–H groups in total. The minimum absolute atomic E-state index is 0.365. The lowest BCUT2D eigenvalue weighted by molar-refractivity contribution is -0.137. The highest BCUT2D eigenvalue weighted by molar-refractivity contribution is 5.66. The molecule has 0 fully saturated rings. The van der Waals surface area contributed by atoms with Gasteiger partial charge in [-0.15, -0.1) is 0 Å². The van der Waals surface area contributed by atoms with E-state index in [4.69, 9.17) is 5.54 Å². The first-order valence-corrected chi connectivity index (χ1v) is 3.40. The highest BCUT2D eigenvalue weighted by Crippen LogP contribution is 1.98. The number of hydrogen-bond donors (Lipinski definition) is 2. The number of aliphatic carboxylic acids is 1. The third kappa shape index (κ3) is 9.43. The summed E-state index contributed by atoms with van der Waals surface area (Å²) in [5, 5.41) is 6.37. The van der Waals surface area contributed by atoms with Crippen LogP contribution in [0.15, 0.2) is 0 Å². The maximum Gasteiger partial charge on any atom is 0.303 e. The molecule has 0 aliphatic carbocycles. The zero-order valence-corrected chi connectivity index (χ0v) is 7.05. The molecule has 0 heterocycles. The average Bonchev–Trinajstić information content (AvgIpc) is 2.11. The van der Waals surface area contributed by atoms with Crippen LogP contribution in [0.2, 0.25) is 0 Å². The minimum Gasteiger partial charge on any atom is -0.481 e. The zero-order valence-electron chi connectivity index (χ0n) is 11.0. The van der Waals surface area contributed by atoms with Gasteiger partial charge in [-0.1, -0.05) is 0 Å². The molecular weight excluding hydrogens is 142 g/mol. The second kappa shape index (κ2) is 4.34. The Hall–Kier alpha value is -0.570. The summed E-state index contributed by atoms with van der Waals surface area (Å²) < 4.78 is 28.6. The van der Waals surface area contributed by atoms with Crippen LogP contribution in [0.3, 0.4) is 0 Å². The van der Waals surface area contributed by atoms with Crippen LogP contribution in [0.25, 0.3) is 1.43 Å². The Morgan fingerprint density at radius 1 is 1.73 bits per heavy atom. The molecule has 3 nitrogen and oxygen atoms in total. The molecule has 0 bridgehead atoms. The molecule has 3 atom stereocenters. The van der Waals surface area contributed by atoms with Crippen LogP contribution >= 0.6 is 0 Å². The number of rotatable bonds is 4. The lowest BCUT2D eigenvalue weighted by atomic mass is 10.1. The van der Waals surface area contributed by atoms with Crippen molar-refractivity contribution in [1.82, 2.24) is 5.32 Å². The van der Waals surface area contributed by atoms with E-state index in [0.717, 1.165) is 0 Å². The predicted molar refractivity (Wildman–Crippen MR) is 44.6 cm³/mol. The van der Waals surface area contributed by atoms with Gasteiger partial charge in [-0.3, -0.25) is 4.79 Å². The summed E-state index contributed by atoms with van der Waals surface area (Å²) in [6, 6.07) is 0. The number of nitrogens with one attached hydrogen (secondary N) is 1. The van der Waals surface area contributed by atoms with Gasteiger partial charge < -0.3 is 10.4 Å². The monoisotopic (exact) mass is 163 g/mol. The van der Waals surface area contributed by atoms with Crippen LogP contribution in [0, 0.1) is 0 Å². The summed E-state index contributed by atoms with van der Waals surface area (Å²) in [6.07, 6.45) is -2.80. The molecule has 0 aliphatic heterocycles. The van der Waals surface area contributed by atoms with Gasteiger partial charge in [0, 0.05) is 16.0 Å². The quantitative estimate of drug-likeness (QED) is 0.655. The molecule has 66 valence electrons. The Labute approximate surface area is 73.5 Å². The van der Waals surface area contributed by atoms with E-state index in [9.17, 15) is 4.79 Å². The second-order valence-electron chi connectivity index (χ2n) is 3.24. The number of carboxylic acids is 1. The molecule has 0 spiro atoms. The van der Waals surface area contributed by atoms with Crippen molar-refractivity contribution in [3.05, 3.63) is 0 Å². The van der Waals surface area contributed by atoms with Gasteiger partial charge in [0.05, 0.1) is 0 Å². The fourth-order valence-corrected chi connectivity index (χ4v) is 0.425. The van der Waals surface area contributed by atoms with E-state index in [2.05, 4.69) is 10.4 Å². The van der Waals surface area contributed by atoms with Crippen molar-refractivity contribution >= 4 is 5.97 Å². The van der Waals surface area contributed by atoms with Gasteiger partial charge in [0.15, 0.2) is 0 Å². The van der Waals surface area contributed by atoms with Gasteiger partial charge in [0.1, 0.15) is 0 Å². The van der Waals surface area contributed by atoms with Gasteiger partial charge >= 0.3 is 5.97 Å². The highest BCUT2D eigenvalue weighted by Gasteiger charge is 2.07. The Balaban J connectivity index is 4.31. The fraction of sp³-hybridized carbons (Fsp3) is 0.875. The molecule has 0 saturated carbocycles. The van der Waals surface area contributed by atoms with E-state index < -0.39 is 25.3 Å². The van der Waals surface area contributed by atoms with Crippen molar-refractivity contribution in [1.29, 1.82) is 1.43 Å². The third-order valence-corrected chi connectivity index (χ3v) is 0.845. The molecule has 0 radical (unpaired) electrons. The predicted octanol–water partition coefficient (Wildman–Crippen LogP) is 1.24. The van der Waals surface area contributed by atoms with Crippen LogP contribution in [-0.4, -0.2) is 23.1 Å². The maximum atomic E-state index is 10.8. The van der Waals surface area contributed by atoms with E-state index in [1.165, 1.54) is 0 Å². The molecule has 0 aromatic heterocycles. The van der Waals surface area contributed by atoms with Crippen molar-refractivity contribution in [3.63, 3.8) is 0 Å². The molecule has 0 saturated heterocycles. The largest absolute Gasteiger partial charge is 0.481 e. The van der Waals surface area contributed by atoms with Gasteiger partial charge in [-0.05, 0) is 33.7 Å². The summed E-state index contributed by atoms with van der Waals surface area (Å²) in [5.74, 6) is -1.11. The van der Waals surface area contributed by atoms with E-state index in [1.54, 1.807) is 0 Å². The summed E-state index contributed by atoms with van der Waals surface area (Å²) >= 11 is 0. The molecule has 0 aromatic rings. The topological polar surface area (TPSA) is 49.3 Å². The maximum absolute atomic E-state index is 10.8. The van der Waals surface area contributed by atoms with Crippen molar-refractivity contribution in [2.75, 3.05) is 6.52 Å². The van der Waals surface area contributed by atoms with E-state index in [-0.39, 0.29) is 5.54 Å². The standard InChI is InChI=1S/C8H17NO2/c1-8(2,3)9-6-4-5-7(10)11/h9H,4-6H2,1-3H3,(H,10,11)/i4D,5D,6D/hD. The summed E-state index contributed by atoms with van der Waals surface area (Å²) in [6.45, 7) is 4.40.